The Hall–Kier alpha value is -0.0900. The van der Waals surface area contributed by atoms with Crippen LogP contribution in [0.25, 0.3) is 0 Å². The fourth-order valence-electron chi connectivity index (χ4n) is 1.62. The van der Waals surface area contributed by atoms with E-state index in [2.05, 4.69) is 53.8 Å². The standard InChI is InChI=1S/C14H21IO/c1-2-3-7-14(10-15)12-16-11-13-8-5-4-6-9-13/h4-6,8-9,14H,2-3,7,10-12H2,1H3. The number of benzene rings is 1. The van der Waals surface area contributed by atoms with Crippen LogP contribution in [0.4, 0.5) is 0 Å². The summed E-state index contributed by atoms with van der Waals surface area (Å²) >= 11 is 2.46. The lowest BCUT2D eigenvalue weighted by molar-refractivity contribution is 0.0910. The SMILES string of the molecule is CCCCC(CI)COCc1ccccc1. The van der Waals surface area contributed by atoms with Crippen molar-refractivity contribution < 1.29 is 4.74 Å². The molecule has 0 aliphatic rings. The molecular weight excluding hydrogens is 311 g/mol. The second-order valence-electron chi connectivity index (χ2n) is 4.16. The zero-order chi connectivity index (χ0) is 11.6. The molecule has 1 aromatic rings. The quantitative estimate of drug-likeness (QED) is 0.505. The van der Waals surface area contributed by atoms with Crippen molar-refractivity contribution in [3.05, 3.63) is 35.9 Å². The molecule has 0 fully saturated rings. The molecule has 0 heterocycles. The molecule has 0 spiro atoms. The van der Waals surface area contributed by atoms with Gasteiger partial charge >= 0.3 is 0 Å². The summed E-state index contributed by atoms with van der Waals surface area (Å²) in [5.74, 6) is 0.726. The predicted molar refractivity (Wildman–Crippen MR) is 78.0 cm³/mol. The van der Waals surface area contributed by atoms with E-state index in [4.69, 9.17) is 4.74 Å². The molecule has 2 heteroatoms. The number of hydrogen-bond donors (Lipinski definition) is 0. The Bertz CT molecular complexity index is 261. The number of rotatable bonds is 8. The lowest BCUT2D eigenvalue weighted by atomic mass is 10.1. The van der Waals surface area contributed by atoms with Gasteiger partial charge in [-0.2, -0.15) is 0 Å². The minimum atomic E-state index is 0.726. The van der Waals surface area contributed by atoms with Crippen molar-refractivity contribution in [2.24, 2.45) is 5.92 Å². The molecule has 1 rings (SSSR count). The Morgan fingerprint density at radius 1 is 1.25 bits per heavy atom. The summed E-state index contributed by atoms with van der Waals surface area (Å²) in [6, 6.07) is 10.4. The molecule has 1 nitrogen and oxygen atoms in total. The molecule has 0 saturated heterocycles. The molecule has 16 heavy (non-hydrogen) atoms. The number of alkyl halides is 1. The van der Waals surface area contributed by atoms with E-state index >= 15 is 0 Å². The van der Waals surface area contributed by atoms with E-state index in [0.717, 1.165) is 19.1 Å². The van der Waals surface area contributed by atoms with Crippen molar-refractivity contribution in [2.75, 3.05) is 11.0 Å². The molecular formula is C14H21IO. The Morgan fingerprint density at radius 3 is 2.62 bits per heavy atom. The molecule has 1 aromatic carbocycles. The maximum atomic E-state index is 5.76. The second kappa shape index (κ2) is 8.99. The smallest absolute Gasteiger partial charge is 0.0717 e. The molecule has 0 bridgehead atoms. The van der Waals surface area contributed by atoms with Crippen molar-refractivity contribution in [2.45, 2.75) is 32.8 Å². The van der Waals surface area contributed by atoms with Crippen LogP contribution >= 0.6 is 22.6 Å². The minimum absolute atomic E-state index is 0.726. The van der Waals surface area contributed by atoms with E-state index in [1.165, 1.54) is 29.3 Å². The molecule has 0 aromatic heterocycles. The number of unbranched alkanes of at least 4 members (excludes halogenated alkanes) is 1. The van der Waals surface area contributed by atoms with Crippen LogP contribution in [0.15, 0.2) is 30.3 Å². The first-order chi connectivity index (χ1) is 7.86. The number of halogens is 1. The van der Waals surface area contributed by atoms with Gasteiger partial charge in [0, 0.05) is 4.43 Å². The van der Waals surface area contributed by atoms with Crippen molar-refractivity contribution in [3.8, 4) is 0 Å². The van der Waals surface area contributed by atoms with Crippen LogP contribution < -0.4 is 0 Å². The molecule has 0 saturated carbocycles. The third-order valence-corrected chi connectivity index (χ3v) is 3.89. The van der Waals surface area contributed by atoms with E-state index in [9.17, 15) is 0 Å². The van der Waals surface area contributed by atoms with Crippen molar-refractivity contribution in [1.29, 1.82) is 0 Å². The van der Waals surface area contributed by atoms with E-state index in [-0.39, 0.29) is 0 Å². The van der Waals surface area contributed by atoms with E-state index in [0.29, 0.717) is 0 Å². The Balaban J connectivity index is 2.18. The summed E-state index contributed by atoms with van der Waals surface area (Å²) in [5.41, 5.74) is 1.27. The number of hydrogen-bond acceptors (Lipinski definition) is 1. The zero-order valence-corrected chi connectivity index (χ0v) is 12.2. The fraction of sp³-hybridized carbons (Fsp3) is 0.571. The summed E-state index contributed by atoms with van der Waals surface area (Å²) < 4.78 is 6.97. The van der Waals surface area contributed by atoms with Crippen molar-refractivity contribution >= 4 is 22.6 Å². The monoisotopic (exact) mass is 332 g/mol. The van der Waals surface area contributed by atoms with Gasteiger partial charge in [-0.3, -0.25) is 0 Å². The second-order valence-corrected chi connectivity index (χ2v) is 5.04. The van der Waals surface area contributed by atoms with Crippen LogP contribution in [0.5, 0.6) is 0 Å². The maximum absolute atomic E-state index is 5.76. The Morgan fingerprint density at radius 2 is 2.00 bits per heavy atom. The molecule has 0 N–H and O–H groups in total. The average Bonchev–Trinajstić information content (AvgIpc) is 2.35. The Kier molecular flexibility index (Phi) is 7.85. The Labute approximate surface area is 113 Å². The lowest BCUT2D eigenvalue weighted by Gasteiger charge is -2.13. The summed E-state index contributed by atoms with van der Waals surface area (Å²) in [4.78, 5) is 0. The van der Waals surface area contributed by atoms with Gasteiger partial charge in [0.25, 0.3) is 0 Å². The van der Waals surface area contributed by atoms with Crippen LogP contribution in [0.3, 0.4) is 0 Å². The van der Waals surface area contributed by atoms with Gasteiger partial charge in [-0.15, -0.1) is 0 Å². The highest BCUT2D eigenvalue weighted by molar-refractivity contribution is 14.1. The topological polar surface area (TPSA) is 9.23 Å². The van der Waals surface area contributed by atoms with Gasteiger partial charge in [0.15, 0.2) is 0 Å². The van der Waals surface area contributed by atoms with Gasteiger partial charge in [0.2, 0.25) is 0 Å². The van der Waals surface area contributed by atoms with Crippen molar-refractivity contribution in [3.63, 3.8) is 0 Å². The van der Waals surface area contributed by atoms with Gasteiger partial charge in [-0.1, -0.05) is 72.7 Å². The molecule has 1 unspecified atom stereocenters. The minimum Gasteiger partial charge on any atom is -0.376 e. The highest BCUT2D eigenvalue weighted by atomic mass is 127. The van der Waals surface area contributed by atoms with Crippen LogP contribution in [0, 0.1) is 5.92 Å². The summed E-state index contributed by atoms with van der Waals surface area (Å²) in [6.07, 6.45) is 3.91. The predicted octanol–water partition coefficient (Wildman–Crippen LogP) is 4.44. The fourth-order valence-corrected chi connectivity index (χ4v) is 2.31. The first-order valence-corrected chi connectivity index (χ1v) is 7.57. The van der Waals surface area contributed by atoms with Gasteiger partial charge in [-0.05, 0) is 17.9 Å². The van der Waals surface area contributed by atoms with E-state index in [1.54, 1.807) is 0 Å². The molecule has 0 amide bonds. The van der Waals surface area contributed by atoms with Gasteiger partial charge in [0.05, 0.1) is 13.2 Å². The summed E-state index contributed by atoms with van der Waals surface area (Å²) in [6.45, 7) is 3.90. The van der Waals surface area contributed by atoms with Crippen molar-refractivity contribution in [1.82, 2.24) is 0 Å². The molecule has 0 aliphatic carbocycles. The molecule has 1 atom stereocenters. The summed E-state index contributed by atoms with van der Waals surface area (Å²) in [5, 5.41) is 0. The molecule has 0 radical (unpaired) electrons. The molecule has 0 aliphatic heterocycles. The highest BCUT2D eigenvalue weighted by Crippen LogP contribution is 2.13. The third-order valence-electron chi connectivity index (χ3n) is 2.65. The van der Waals surface area contributed by atoms with E-state index in [1.807, 2.05) is 6.07 Å². The first kappa shape index (κ1) is 14.0. The van der Waals surface area contributed by atoms with Crippen LogP contribution in [-0.4, -0.2) is 11.0 Å². The summed E-state index contributed by atoms with van der Waals surface area (Å²) in [7, 11) is 0. The maximum Gasteiger partial charge on any atom is 0.0717 e. The lowest BCUT2D eigenvalue weighted by Crippen LogP contribution is -2.11. The van der Waals surface area contributed by atoms with Crippen LogP contribution in [-0.2, 0) is 11.3 Å². The highest BCUT2D eigenvalue weighted by Gasteiger charge is 2.06. The normalized spacial score (nSPS) is 12.6. The first-order valence-electron chi connectivity index (χ1n) is 6.04. The van der Waals surface area contributed by atoms with Gasteiger partial charge in [-0.25, -0.2) is 0 Å². The van der Waals surface area contributed by atoms with Crippen LogP contribution in [0.2, 0.25) is 0 Å². The zero-order valence-electron chi connectivity index (χ0n) is 9.99. The van der Waals surface area contributed by atoms with Gasteiger partial charge in [0.1, 0.15) is 0 Å². The largest absolute Gasteiger partial charge is 0.376 e. The van der Waals surface area contributed by atoms with Crippen LogP contribution in [0.1, 0.15) is 31.7 Å². The number of ether oxygens (including phenoxy) is 1. The van der Waals surface area contributed by atoms with Gasteiger partial charge < -0.3 is 4.74 Å². The van der Waals surface area contributed by atoms with E-state index < -0.39 is 0 Å². The third kappa shape index (κ3) is 5.85. The molecule has 90 valence electrons. The average molecular weight is 332 g/mol.